The summed E-state index contributed by atoms with van der Waals surface area (Å²) in [7, 11) is 0. The topological polar surface area (TPSA) is 56.3 Å². The van der Waals surface area contributed by atoms with Gasteiger partial charge in [0, 0.05) is 45.8 Å². The van der Waals surface area contributed by atoms with Crippen molar-refractivity contribution >= 4 is 22.6 Å². The predicted octanol–water partition coefficient (Wildman–Crippen LogP) is 12.1. The molecular formula is C52H52N4. The van der Waals surface area contributed by atoms with Crippen molar-refractivity contribution in [2.45, 2.75) is 83.0 Å². The van der Waals surface area contributed by atoms with E-state index in [4.69, 9.17) is 9.98 Å². The lowest BCUT2D eigenvalue weighted by Crippen LogP contribution is -2.53. The van der Waals surface area contributed by atoms with Gasteiger partial charge in [-0.3, -0.25) is 9.98 Å². The van der Waals surface area contributed by atoms with E-state index >= 15 is 0 Å². The monoisotopic (exact) mass is 732 g/mol. The van der Waals surface area contributed by atoms with Crippen molar-refractivity contribution < 1.29 is 0 Å². The van der Waals surface area contributed by atoms with Crippen molar-refractivity contribution in [3.8, 4) is 0 Å². The molecule has 15 rings (SSSR count). The van der Waals surface area contributed by atoms with Gasteiger partial charge in [-0.25, -0.2) is 0 Å². The number of aromatic amines is 2. The van der Waals surface area contributed by atoms with Crippen LogP contribution in [0.2, 0.25) is 0 Å². The van der Waals surface area contributed by atoms with E-state index in [0.29, 0.717) is 0 Å². The molecule has 3 aliphatic heterocycles. The van der Waals surface area contributed by atoms with Gasteiger partial charge in [-0.15, -0.1) is 0 Å². The van der Waals surface area contributed by atoms with Crippen LogP contribution in [0, 0.1) is 52.3 Å². The zero-order valence-electron chi connectivity index (χ0n) is 32.4. The van der Waals surface area contributed by atoms with Crippen LogP contribution in [0.3, 0.4) is 0 Å². The van der Waals surface area contributed by atoms with E-state index in [0.717, 1.165) is 46.9 Å². The Morgan fingerprint density at radius 3 is 1.18 bits per heavy atom. The third-order valence-electron chi connectivity index (χ3n) is 16.5. The molecule has 0 atom stereocenters. The number of benzene rings is 2. The Hall–Kier alpha value is -4.70. The van der Waals surface area contributed by atoms with Crippen LogP contribution in [0.15, 0.2) is 131 Å². The summed E-state index contributed by atoms with van der Waals surface area (Å²) in [5.74, 6) is 5.59. The molecule has 16 bridgehead atoms. The summed E-state index contributed by atoms with van der Waals surface area (Å²) in [6.07, 6.45) is 26.0. The number of nitrogens with zero attached hydrogens (tertiary/aromatic N) is 2. The van der Waals surface area contributed by atoms with E-state index in [1.54, 1.807) is 0 Å². The number of hydrogen-bond donors (Lipinski definition) is 2. The highest BCUT2D eigenvalue weighted by Crippen LogP contribution is 2.66. The highest BCUT2D eigenvalue weighted by Gasteiger charge is 2.57. The number of nitrogens with one attached hydrogen (secondary N) is 2. The molecular weight excluding hydrogens is 681 g/mol. The molecule has 280 valence electrons. The highest BCUT2D eigenvalue weighted by molar-refractivity contribution is 6.20. The molecule has 8 fully saturated rings. The lowest BCUT2D eigenvalue weighted by atomic mass is 9.45. The molecule has 2 aromatic carbocycles. The second-order valence-electron chi connectivity index (χ2n) is 20.1. The molecule has 2 aromatic heterocycles. The summed E-state index contributed by atoms with van der Waals surface area (Å²) in [5, 5.41) is 0. The minimum atomic E-state index is 0.180. The molecule has 5 heterocycles. The maximum atomic E-state index is 5.76. The Morgan fingerprint density at radius 1 is 0.411 bits per heavy atom. The zero-order valence-corrected chi connectivity index (χ0v) is 32.4. The van der Waals surface area contributed by atoms with E-state index in [2.05, 4.69) is 119 Å². The fraction of sp³-hybridized carbons (Fsp3) is 0.423. The summed E-state index contributed by atoms with van der Waals surface area (Å²) < 4.78 is 0. The molecule has 2 N–H and O–H groups in total. The first kappa shape index (κ1) is 32.4. The van der Waals surface area contributed by atoms with E-state index < -0.39 is 0 Å². The molecule has 0 unspecified atom stereocenters. The van der Waals surface area contributed by atoms with Gasteiger partial charge < -0.3 is 9.97 Å². The Bertz CT molecular complexity index is 2240. The van der Waals surface area contributed by atoms with Crippen molar-refractivity contribution in [3.63, 3.8) is 0 Å². The van der Waals surface area contributed by atoms with Crippen LogP contribution in [-0.2, 0) is 0 Å². The van der Waals surface area contributed by atoms with E-state index in [1.807, 2.05) is 0 Å². The van der Waals surface area contributed by atoms with Crippen LogP contribution in [0.25, 0.3) is 11.1 Å². The maximum Gasteiger partial charge on any atom is 0.0733 e. The van der Waals surface area contributed by atoms with Gasteiger partial charge in [-0.1, -0.05) is 60.7 Å². The molecule has 56 heavy (non-hydrogen) atoms. The first-order valence-electron chi connectivity index (χ1n) is 22.1. The van der Waals surface area contributed by atoms with Crippen molar-refractivity contribution in [1.82, 2.24) is 9.97 Å². The van der Waals surface area contributed by atoms with Crippen molar-refractivity contribution in [2.75, 3.05) is 0 Å². The number of aliphatic imine (C=N–C) groups is 2. The van der Waals surface area contributed by atoms with Gasteiger partial charge in [0.25, 0.3) is 0 Å². The average molecular weight is 733 g/mol. The number of rotatable bonds is 4. The number of aromatic nitrogens is 2. The molecule has 8 aliphatic carbocycles. The summed E-state index contributed by atoms with van der Waals surface area (Å²) >= 11 is 0. The third kappa shape index (κ3) is 4.89. The number of fused-ring (bicyclic) bond motifs is 6. The fourth-order valence-corrected chi connectivity index (χ4v) is 15.6. The Morgan fingerprint density at radius 2 is 0.786 bits per heavy atom. The predicted molar refractivity (Wildman–Crippen MR) is 226 cm³/mol. The van der Waals surface area contributed by atoms with Crippen molar-refractivity contribution in [3.05, 3.63) is 155 Å². The molecule has 0 spiro atoms. The lowest BCUT2D eigenvalue weighted by molar-refractivity contribution is -0.0629. The fourth-order valence-electron chi connectivity index (χ4n) is 15.6. The largest absolute Gasteiger partial charge is 0.358 e. The first-order valence-corrected chi connectivity index (χ1v) is 22.1. The van der Waals surface area contributed by atoms with Crippen LogP contribution in [-0.4, -0.2) is 21.4 Å². The van der Waals surface area contributed by atoms with Crippen LogP contribution in [0.1, 0.15) is 117 Å². The quantitative estimate of drug-likeness (QED) is 0.210. The molecule has 4 nitrogen and oxygen atoms in total. The summed E-state index contributed by atoms with van der Waals surface area (Å²) in [4.78, 5) is 19.8. The summed E-state index contributed by atoms with van der Waals surface area (Å²) in [6.45, 7) is 0. The molecule has 0 saturated heterocycles. The smallest absolute Gasteiger partial charge is 0.0733 e. The molecule has 4 aromatic rings. The third-order valence-corrected chi connectivity index (χ3v) is 16.5. The summed E-state index contributed by atoms with van der Waals surface area (Å²) in [6, 6.07) is 31.7. The van der Waals surface area contributed by atoms with Gasteiger partial charge in [-0.2, -0.15) is 0 Å². The van der Waals surface area contributed by atoms with Crippen LogP contribution >= 0.6 is 0 Å². The second kappa shape index (κ2) is 11.9. The van der Waals surface area contributed by atoms with Crippen LogP contribution in [0.5, 0.6) is 0 Å². The Kier molecular flexibility index (Phi) is 6.89. The first-order chi connectivity index (χ1) is 27.5. The van der Waals surface area contributed by atoms with Gasteiger partial charge in [-0.05, 0) is 183 Å². The standard InChI is InChI=1S/C52H52N4/c1-3-7-37(8-4-1)47-39-11-15-43(53-39)49(51-25-31-19-32(26-51)21-33(20-31)27-51)45-17-13-41(55-45)48(38-9-5-2-6-10-38)42-14-18-46(56-42)50(44-16-12-40(47)54-44)52-28-34-22-35(29-52)24-36(23-34)30-52/h1-18,31-36,49-50,53,55H,19-30H2/b47-40-,48-42-. The average Bonchev–Trinajstić information content (AvgIpc) is 4.02. The second-order valence-corrected chi connectivity index (χ2v) is 20.1. The Balaban J connectivity index is 1.06. The molecule has 11 aliphatic rings. The van der Waals surface area contributed by atoms with Crippen LogP contribution in [0.4, 0.5) is 0 Å². The zero-order chi connectivity index (χ0) is 36.6. The van der Waals surface area contributed by atoms with Gasteiger partial charge in [0.05, 0.1) is 22.8 Å². The number of allylic oxidation sites excluding steroid dienone is 4. The molecule has 0 amide bonds. The SMILES string of the molecule is C1=C/C2=C(\c3ccccc3)c3ccc([nH]3)C(C34CC5CC(CC(C5)C3)C4)c3ccc([nH]3)/C(c3ccccc3)=C3/C=CC(=N3)C(C34CC5CC(CC(C5)C3)C4)C1=N2. The Labute approximate surface area is 331 Å². The van der Waals surface area contributed by atoms with Crippen molar-refractivity contribution in [1.29, 1.82) is 0 Å². The minimum absolute atomic E-state index is 0.180. The minimum Gasteiger partial charge on any atom is -0.358 e. The van der Waals surface area contributed by atoms with Gasteiger partial charge in [0.2, 0.25) is 0 Å². The maximum absolute atomic E-state index is 5.76. The van der Waals surface area contributed by atoms with Crippen LogP contribution < -0.4 is 0 Å². The van der Waals surface area contributed by atoms with Gasteiger partial charge >= 0.3 is 0 Å². The highest BCUT2D eigenvalue weighted by atomic mass is 14.9. The van der Waals surface area contributed by atoms with E-state index in [-0.39, 0.29) is 22.7 Å². The molecule has 4 heteroatoms. The number of H-pyrrole nitrogens is 2. The van der Waals surface area contributed by atoms with E-state index in [9.17, 15) is 0 Å². The van der Waals surface area contributed by atoms with Gasteiger partial charge in [0.1, 0.15) is 0 Å². The van der Waals surface area contributed by atoms with Gasteiger partial charge in [0.15, 0.2) is 0 Å². The molecule has 8 saturated carbocycles. The lowest BCUT2D eigenvalue weighted by Gasteiger charge is -2.59. The number of hydrogen-bond acceptors (Lipinski definition) is 2. The normalized spacial score (nSPS) is 39.8. The summed E-state index contributed by atoms with van der Waals surface area (Å²) in [5.41, 5.74) is 15.0. The van der Waals surface area contributed by atoms with E-state index in [1.165, 1.54) is 134 Å². The molecule has 0 radical (unpaired) electrons. The van der Waals surface area contributed by atoms with Crippen molar-refractivity contribution in [2.24, 2.45) is 62.2 Å².